The normalized spacial score (nSPS) is 30.8. The molecule has 0 bridgehead atoms. The lowest BCUT2D eigenvalue weighted by Gasteiger charge is -2.30. The molecule has 0 radical (unpaired) electrons. The van der Waals surface area contributed by atoms with Gasteiger partial charge in [-0.1, -0.05) is 39.0 Å². The van der Waals surface area contributed by atoms with Crippen LogP contribution in [0.1, 0.15) is 65.2 Å². The summed E-state index contributed by atoms with van der Waals surface area (Å²) >= 11 is 0. The van der Waals surface area contributed by atoms with Gasteiger partial charge < -0.3 is 10.6 Å². The quantitative estimate of drug-likeness (QED) is 0.821. The van der Waals surface area contributed by atoms with Gasteiger partial charge in [0, 0.05) is 18.0 Å². The number of piperidine rings is 1. The molecule has 2 aliphatic rings. The molecule has 3 heteroatoms. The van der Waals surface area contributed by atoms with Gasteiger partial charge >= 0.3 is 0 Å². The second kappa shape index (κ2) is 7.28. The Balaban J connectivity index is 1.72. The van der Waals surface area contributed by atoms with Crippen LogP contribution in [0.5, 0.6) is 0 Å². The van der Waals surface area contributed by atoms with Gasteiger partial charge in [-0.3, -0.25) is 4.79 Å². The molecule has 1 saturated heterocycles. The summed E-state index contributed by atoms with van der Waals surface area (Å²) in [7, 11) is 0. The Kier molecular flexibility index (Phi) is 5.68. The predicted octanol–water partition coefficient (Wildman–Crippen LogP) is 2.85. The minimum absolute atomic E-state index is 0.188. The van der Waals surface area contributed by atoms with E-state index in [2.05, 4.69) is 24.5 Å². The van der Waals surface area contributed by atoms with Crippen LogP contribution in [-0.2, 0) is 4.79 Å². The van der Waals surface area contributed by atoms with E-state index in [9.17, 15) is 4.79 Å². The van der Waals surface area contributed by atoms with E-state index >= 15 is 0 Å². The second-order valence-corrected chi connectivity index (χ2v) is 6.73. The molecule has 3 atom stereocenters. The van der Waals surface area contributed by atoms with E-state index in [1.165, 1.54) is 32.1 Å². The van der Waals surface area contributed by atoms with Crippen LogP contribution in [0.15, 0.2) is 0 Å². The number of carbonyl (C=O) groups is 1. The van der Waals surface area contributed by atoms with Crippen LogP contribution < -0.4 is 10.6 Å². The zero-order valence-corrected chi connectivity index (χ0v) is 12.6. The molecule has 0 aromatic heterocycles. The molecule has 3 nitrogen and oxygen atoms in total. The van der Waals surface area contributed by atoms with Crippen molar-refractivity contribution < 1.29 is 4.79 Å². The largest absolute Gasteiger partial charge is 0.353 e. The van der Waals surface area contributed by atoms with Crippen LogP contribution >= 0.6 is 0 Å². The summed E-state index contributed by atoms with van der Waals surface area (Å²) in [6.07, 6.45) is 10.0. The first-order valence-electron chi connectivity index (χ1n) is 8.19. The number of nitrogens with one attached hydrogen (secondary N) is 2. The van der Waals surface area contributed by atoms with Gasteiger partial charge in [0.1, 0.15) is 0 Å². The van der Waals surface area contributed by atoms with Crippen LogP contribution in [0.4, 0.5) is 0 Å². The molecule has 0 spiro atoms. The molecule has 1 heterocycles. The van der Waals surface area contributed by atoms with Crippen LogP contribution in [0.3, 0.4) is 0 Å². The summed E-state index contributed by atoms with van der Waals surface area (Å²) in [4.78, 5) is 12.3. The van der Waals surface area contributed by atoms with Gasteiger partial charge in [-0.2, -0.15) is 0 Å². The zero-order chi connectivity index (χ0) is 13.7. The maximum atomic E-state index is 12.3. The molecule has 0 aromatic carbocycles. The van der Waals surface area contributed by atoms with Gasteiger partial charge in [0.15, 0.2) is 0 Å². The molecule has 1 aliphatic heterocycles. The average Bonchev–Trinajstić information content (AvgIpc) is 2.40. The molecular weight excluding hydrogens is 236 g/mol. The Morgan fingerprint density at radius 1 is 1.26 bits per heavy atom. The lowest BCUT2D eigenvalue weighted by molar-refractivity contribution is -0.126. The van der Waals surface area contributed by atoms with Crippen LogP contribution in [0.2, 0.25) is 0 Å². The summed E-state index contributed by atoms with van der Waals surface area (Å²) in [6.45, 7) is 5.33. The molecule has 19 heavy (non-hydrogen) atoms. The average molecular weight is 266 g/mol. The van der Waals surface area contributed by atoms with Crippen molar-refractivity contribution >= 4 is 5.91 Å². The highest BCUT2D eigenvalue weighted by atomic mass is 16.1. The fourth-order valence-electron chi connectivity index (χ4n) is 3.64. The Morgan fingerprint density at radius 2 is 2.00 bits per heavy atom. The van der Waals surface area contributed by atoms with Crippen molar-refractivity contribution in [1.82, 2.24) is 10.6 Å². The molecule has 1 aliphatic carbocycles. The SMILES string of the molecule is CC1CC(NC(=O)C(C)CC2CCCCC2)CCN1. The van der Waals surface area contributed by atoms with Gasteiger partial charge in [-0.05, 0) is 38.6 Å². The van der Waals surface area contributed by atoms with Crippen LogP contribution in [0, 0.1) is 11.8 Å². The van der Waals surface area contributed by atoms with Crippen molar-refractivity contribution in [2.24, 2.45) is 11.8 Å². The van der Waals surface area contributed by atoms with Crippen molar-refractivity contribution in [3.63, 3.8) is 0 Å². The minimum atomic E-state index is 0.188. The highest BCUT2D eigenvalue weighted by molar-refractivity contribution is 5.78. The molecule has 1 saturated carbocycles. The molecule has 1 amide bonds. The molecule has 2 rings (SSSR count). The van der Waals surface area contributed by atoms with Crippen molar-refractivity contribution in [1.29, 1.82) is 0 Å². The fraction of sp³-hybridized carbons (Fsp3) is 0.938. The van der Waals surface area contributed by atoms with E-state index in [4.69, 9.17) is 0 Å². The third-order valence-electron chi connectivity index (χ3n) is 4.83. The van der Waals surface area contributed by atoms with Gasteiger partial charge in [0.25, 0.3) is 0 Å². The summed E-state index contributed by atoms with van der Waals surface area (Å²) in [6, 6.07) is 0.922. The standard InChI is InChI=1S/C16H30N2O/c1-12(10-14-6-4-3-5-7-14)16(19)18-15-8-9-17-13(2)11-15/h12-15,17H,3-11H2,1-2H3,(H,18,19). The fourth-order valence-corrected chi connectivity index (χ4v) is 3.64. The van der Waals surface area contributed by atoms with Gasteiger partial charge in [0.2, 0.25) is 5.91 Å². The molecule has 2 N–H and O–H groups in total. The summed E-state index contributed by atoms with van der Waals surface area (Å²) < 4.78 is 0. The molecule has 110 valence electrons. The first-order valence-corrected chi connectivity index (χ1v) is 8.19. The highest BCUT2D eigenvalue weighted by Crippen LogP contribution is 2.29. The van der Waals surface area contributed by atoms with Crippen molar-refractivity contribution in [2.45, 2.75) is 77.3 Å². The third kappa shape index (κ3) is 4.79. The first-order chi connectivity index (χ1) is 9.15. The summed E-state index contributed by atoms with van der Waals surface area (Å²) in [5.74, 6) is 1.26. The van der Waals surface area contributed by atoms with Gasteiger partial charge in [0.05, 0.1) is 0 Å². The van der Waals surface area contributed by atoms with Crippen molar-refractivity contribution in [3.8, 4) is 0 Å². The number of hydrogen-bond donors (Lipinski definition) is 2. The Morgan fingerprint density at radius 3 is 2.68 bits per heavy atom. The summed E-state index contributed by atoms with van der Waals surface area (Å²) in [5.41, 5.74) is 0. The maximum Gasteiger partial charge on any atom is 0.223 e. The van der Waals surface area contributed by atoms with E-state index < -0.39 is 0 Å². The molecule has 0 aromatic rings. The zero-order valence-electron chi connectivity index (χ0n) is 12.6. The minimum Gasteiger partial charge on any atom is -0.353 e. The predicted molar refractivity (Wildman–Crippen MR) is 79.0 cm³/mol. The van der Waals surface area contributed by atoms with E-state index in [1.807, 2.05) is 0 Å². The van der Waals surface area contributed by atoms with Gasteiger partial charge in [-0.25, -0.2) is 0 Å². The Bertz CT molecular complexity index is 286. The van der Waals surface area contributed by atoms with E-state index in [1.54, 1.807) is 0 Å². The van der Waals surface area contributed by atoms with Crippen molar-refractivity contribution in [2.75, 3.05) is 6.54 Å². The lowest BCUT2D eigenvalue weighted by Crippen LogP contribution is -2.47. The second-order valence-electron chi connectivity index (χ2n) is 6.73. The van der Waals surface area contributed by atoms with E-state index in [0.717, 1.165) is 31.7 Å². The van der Waals surface area contributed by atoms with E-state index in [0.29, 0.717) is 12.1 Å². The van der Waals surface area contributed by atoms with Crippen LogP contribution in [0.25, 0.3) is 0 Å². The highest BCUT2D eigenvalue weighted by Gasteiger charge is 2.24. The number of hydrogen-bond acceptors (Lipinski definition) is 2. The smallest absolute Gasteiger partial charge is 0.223 e. The Hall–Kier alpha value is -0.570. The maximum absolute atomic E-state index is 12.3. The number of rotatable bonds is 4. The molecule has 2 fully saturated rings. The first kappa shape index (κ1) is 14.8. The third-order valence-corrected chi connectivity index (χ3v) is 4.83. The molecule has 3 unspecified atom stereocenters. The number of amides is 1. The van der Waals surface area contributed by atoms with Crippen molar-refractivity contribution in [3.05, 3.63) is 0 Å². The monoisotopic (exact) mass is 266 g/mol. The Labute approximate surface area is 117 Å². The van der Waals surface area contributed by atoms with Crippen LogP contribution in [-0.4, -0.2) is 24.5 Å². The van der Waals surface area contributed by atoms with E-state index in [-0.39, 0.29) is 11.8 Å². The van der Waals surface area contributed by atoms with Gasteiger partial charge in [-0.15, -0.1) is 0 Å². The number of carbonyl (C=O) groups excluding carboxylic acids is 1. The summed E-state index contributed by atoms with van der Waals surface area (Å²) in [5, 5.41) is 6.69. The lowest BCUT2D eigenvalue weighted by atomic mass is 9.83. The topological polar surface area (TPSA) is 41.1 Å². The molecular formula is C16H30N2O.